The lowest BCUT2D eigenvalue weighted by Gasteiger charge is -2.25. The third-order valence-electron chi connectivity index (χ3n) is 5.12. The van der Waals surface area contributed by atoms with Gasteiger partial charge < -0.3 is 42.2 Å². The van der Waals surface area contributed by atoms with Crippen LogP contribution in [0.3, 0.4) is 0 Å². The van der Waals surface area contributed by atoms with Crippen molar-refractivity contribution in [2.75, 3.05) is 31.6 Å². The Balaban J connectivity index is 2.87. The normalized spacial score (nSPS) is 11.8. The molecule has 0 fully saturated rings. The maximum atomic E-state index is 13.1. The van der Waals surface area contributed by atoms with Crippen LogP contribution in [0.5, 0.6) is 0 Å². The highest BCUT2D eigenvalue weighted by Crippen LogP contribution is 2.12. The molecule has 0 aliphatic carbocycles. The van der Waals surface area contributed by atoms with E-state index in [0.29, 0.717) is 17.7 Å². The first-order valence-corrected chi connectivity index (χ1v) is 12.1. The number of benzene rings is 1. The molecule has 0 unspecified atom stereocenters. The van der Waals surface area contributed by atoms with Gasteiger partial charge in [0.2, 0.25) is 17.7 Å². The molecule has 0 radical (unpaired) electrons. The molecule has 0 aliphatic rings. The zero-order chi connectivity index (χ0) is 29.2. The van der Waals surface area contributed by atoms with Gasteiger partial charge in [-0.25, -0.2) is 9.59 Å². The fraction of sp³-hybridized carbons (Fsp3) is 0.522. The van der Waals surface area contributed by atoms with Crippen molar-refractivity contribution in [2.24, 2.45) is 16.8 Å². The molecular weight excluding hydrogens is 514 g/mol. The number of hydrogen-bond acceptors (Lipinski definition) is 8. The van der Waals surface area contributed by atoms with E-state index in [-0.39, 0.29) is 38.6 Å². The van der Waals surface area contributed by atoms with E-state index in [1.807, 2.05) is 0 Å². The monoisotopic (exact) mass is 549 g/mol. The molecule has 8 N–H and O–H groups in total. The first kappa shape index (κ1) is 32.5. The third kappa shape index (κ3) is 13.5. The van der Waals surface area contributed by atoms with E-state index in [1.54, 1.807) is 38.1 Å². The zero-order valence-electron chi connectivity index (χ0n) is 21.8. The number of nitrogens with one attached hydrogen (secondary N) is 5. The van der Waals surface area contributed by atoms with Gasteiger partial charge in [-0.1, -0.05) is 31.1 Å². The second-order valence-electron chi connectivity index (χ2n) is 8.59. The molecule has 6 amide bonds. The number of ether oxygens (including phenoxy) is 1. The van der Waals surface area contributed by atoms with Gasteiger partial charge in [-0.15, -0.1) is 0 Å². The second-order valence-corrected chi connectivity index (χ2v) is 8.59. The number of azide groups is 1. The zero-order valence-corrected chi connectivity index (χ0v) is 21.8. The molecule has 0 saturated carbocycles. The number of primary amides is 1. The number of urea groups is 1. The largest absolute Gasteiger partial charge is 0.445 e. The number of anilines is 1. The molecule has 0 aromatic heterocycles. The summed E-state index contributed by atoms with van der Waals surface area (Å²) >= 11 is 0. The highest BCUT2D eigenvalue weighted by molar-refractivity contribution is 5.98. The summed E-state index contributed by atoms with van der Waals surface area (Å²) in [4.78, 5) is 63.0. The van der Waals surface area contributed by atoms with Gasteiger partial charge in [0.1, 0.15) is 25.2 Å². The molecule has 39 heavy (non-hydrogen) atoms. The van der Waals surface area contributed by atoms with Gasteiger partial charge in [-0.05, 0) is 42.0 Å². The fourth-order valence-corrected chi connectivity index (χ4v) is 3.17. The van der Waals surface area contributed by atoms with Crippen molar-refractivity contribution >= 4 is 35.5 Å². The molecule has 1 aromatic carbocycles. The number of nitrogens with zero attached hydrogens (tertiary/aromatic N) is 3. The average molecular weight is 550 g/mol. The first-order chi connectivity index (χ1) is 18.6. The summed E-state index contributed by atoms with van der Waals surface area (Å²) in [5.74, 6) is -2.16. The Labute approximate surface area is 225 Å². The maximum absolute atomic E-state index is 13.1. The van der Waals surface area contributed by atoms with E-state index in [1.165, 1.54) is 0 Å². The van der Waals surface area contributed by atoms with Crippen molar-refractivity contribution in [3.05, 3.63) is 40.3 Å². The Kier molecular flexibility index (Phi) is 14.8. The number of alkyl carbamates (subject to hydrolysis) is 1. The van der Waals surface area contributed by atoms with E-state index in [0.717, 1.165) is 0 Å². The summed E-state index contributed by atoms with van der Waals surface area (Å²) in [6.07, 6.45) is -0.227. The van der Waals surface area contributed by atoms with Gasteiger partial charge in [0, 0.05) is 23.7 Å². The summed E-state index contributed by atoms with van der Waals surface area (Å²) in [6.45, 7) is 2.92. The summed E-state index contributed by atoms with van der Waals surface area (Å²) in [5, 5.41) is 24.5. The molecule has 1 rings (SSSR count). The minimum absolute atomic E-state index is 0.0287. The maximum Gasteiger partial charge on any atom is 0.407 e. The van der Waals surface area contributed by atoms with E-state index in [9.17, 15) is 24.0 Å². The average Bonchev–Trinajstić information content (AvgIpc) is 2.90. The number of hydrogen-bond donors (Lipinski definition) is 7. The highest BCUT2D eigenvalue weighted by atomic mass is 16.5. The number of rotatable bonds is 16. The molecule has 214 valence electrons. The number of aliphatic hydroxyl groups excluding tert-OH is 1. The molecule has 0 bridgehead atoms. The lowest BCUT2D eigenvalue weighted by Crippen LogP contribution is -2.55. The van der Waals surface area contributed by atoms with Crippen LogP contribution >= 0.6 is 0 Å². The standard InChI is InChI=1S/C23H35N9O7/c1-14(2)19(31-18(34)12-28-32-25)21(36)30-17(4-3-9-26-22(24)37)20(35)29-16-7-5-15(6-8-16)13-39-23(38)27-10-11-33/h5-8,14,17,19,33H,3-4,9-13H2,1-2H3,(H,27,38)(H,29,35)(H,30,36)(H,31,34)(H3,24,26,37)/t17-,19-/m0/s1. The van der Waals surface area contributed by atoms with Crippen LogP contribution in [0.25, 0.3) is 10.4 Å². The third-order valence-corrected chi connectivity index (χ3v) is 5.12. The summed E-state index contributed by atoms with van der Waals surface area (Å²) in [7, 11) is 0. The van der Waals surface area contributed by atoms with Crippen molar-refractivity contribution in [1.29, 1.82) is 0 Å². The fourth-order valence-electron chi connectivity index (χ4n) is 3.17. The Morgan fingerprint density at radius 1 is 1.05 bits per heavy atom. The molecule has 16 nitrogen and oxygen atoms in total. The van der Waals surface area contributed by atoms with Crippen LogP contribution in [0.15, 0.2) is 29.4 Å². The molecule has 0 heterocycles. The second kappa shape index (κ2) is 17.8. The number of amides is 6. The van der Waals surface area contributed by atoms with Crippen molar-refractivity contribution in [1.82, 2.24) is 21.3 Å². The van der Waals surface area contributed by atoms with Gasteiger partial charge in [0.15, 0.2) is 0 Å². The minimum atomic E-state index is -1.03. The van der Waals surface area contributed by atoms with Crippen molar-refractivity contribution in [3.63, 3.8) is 0 Å². The molecule has 0 aliphatic heterocycles. The highest BCUT2D eigenvalue weighted by Gasteiger charge is 2.28. The molecule has 1 aromatic rings. The number of aliphatic hydroxyl groups is 1. The Morgan fingerprint density at radius 2 is 1.74 bits per heavy atom. The molecular formula is C23H35N9O7. The van der Waals surface area contributed by atoms with Crippen molar-refractivity contribution in [3.8, 4) is 0 Å². The smallest absolute Gasteiger partial charge is 0.407 e. The van der Waals surface area contributed by atoms with E-state index < -0.39 is 48.5 Å². The SMILES string of the molecule is CC(C)[C@H](NC(=O)CN=[N+]=[N-])C(=O)N[C@@H](CCCNC(N)=O)C(=O)Nc1ccc(COC(=O)NCCO)cc1. The van der Waals surface area contributed by atoms with E-state index in [4.69, 9.17) is 21.1 Å². The number of carbonyl (C=O) groups is 5. The topological polar surface area (TPSA) is 250 Å². The van der Waals surface area contributed by atoms with Gasteiger partial charge in [0.25, 0.3) is 0 Å². The lowest BCUT2D eigenvalue weighted by molar-refractivity contribution is -0.131. The van der Waals surface area contributed by atoms with E-state index >= 15 is 0 Å². The predicted molar refractivity (Wildman–Crippen MR) is 140 cm³/mol. The van der Waals surface area contributed by atoms with E-state index in [2.05, 4.69) is 36.6 Å². The van der Waals surface area contributed by atoms with Crippen LogP contribution < -0.4 is 32.3 Å². The lowest BCUT2D eigenvalue weighted by atomic mass is 10.0. The predicted octanol–water partition coefficient (Wildman–Crippen LogP) is 0.228. The molecule has 16 heteroatoms. The minimum Gasteiger partial charge on any atom is -0.445 e. The summed E-state index contributed by atoms with van der Waals surface area (Å²) in [6, 6.07) is 3.68. The molecule has 2 atom stereocenters. The molecule has 0 saturated heterocycles. The number of carbonyl (C=O) groups excluding carboxylic acids is 5. The summed E-state index contributed by atoms with van der Waals surface area (Å²) in [5.41, 5.74) is 14.5. The first-order valence-electron chi connectivity index (χ1n) is 12.1. The van der Waals surface area contributed by atoms with Gasteiger partial charge >= 0.3 is 12.1 Å². The summed E-state index contributed by atoms with van der Waals surface area (Å²) < 4.78 is 5.01. The Bertz CT molecular complexity index is 1030. The van der Waals surface area contributed by atoms with Crippen LogP contribution in [0.2, 0.25) is 0 Å². The van der Waals surface area contributed by atoms with Crippen molar-refractivity contribution < 1.29 is 33.8 Å². The van der Waals surface area contributed by atoms with Crippen LogP contribution in [-0.4, -0.2) is 73.3 Å². The molecule has 0 spiro atoms. The van der Waals surface area contributed by atoms with Crippen molar-refractivity contribution in [2.45, 2.75) is 45.4 Å². The van der Waals surface area contributed by atoms with Gasteiger partial charge in [-0.3, -0.25) is 14.4 Å². The van der Waals surface area contributed by atoms with Gasteiger partial charge in [-0.2, -0.15) is 0 Å². The quantitative estimate of drug-likeness (QED) is 0.0653. The number of nitrogens with two attached hydrogens (primary N) is 1. The van der Waals surface area contributed by atoms with Crippen LogP contribution in [0.1, 0.15) is 32.3 Å². The Morgan fingerprint density at radius 3 is 2.33 bits per heavy atom. The van der Waals surface area contributed by atoms with Crippen LogP contribution in [-0.2, 0) is 25.7 Å². The van der Waals surface area contributed by atoms with Crippen LogP contribution in [0, 0.1) is 5.92 Å². The Hall–Kier alpha value is -4.56. The van der Waals surface area contributed by atoms with Crippen LogP contribution in [0.4, 0.5) is 15.3 Å². The van der Waals surface area contributed by atoms with Gasteiger partial charge in [0.05, 0.1) is 6.61 Å².